The monoisotopic (exact) mass is 1900 g/mol. The second-order valence-electron chi connectivity index (χ2n) is 36.0. The van der Waals surface area contributed by atoms with E-state index in [2.05, 4.69) is 302 Å². The number of aromatic hydroxyl groups is 4. The van der Waals surface area contributed by atoms with Gasteiger partial charge in [0.1, 0.15) is 28.0 Å². The lowest BCUT2D eigenvalue weighted by Crippen LogP contribution is -2.08. The van der Waals surface area contributed by atoms with E-state index in [9.17, 15) is 20.4 Å². The summed E-state index contributed by atoms with van der Waals surface area (Å²) in [7, 11) is 0. The van der Waals surface area contributed by atoms with E-state index in [1.54, 1.807) is 54.2 Å². The Bertz CT molecular complexity index is 8810. The van der Waals surface area contributed by atoms with E-state index in [0.717, 1.165) is 133 Å². The molecule has 24 rings (SSSR count). The van der Waals surface area contributed by atoms with Crippen molar-refractivity contribution in [1.82, 2.24) is 58.1 Å². The smallest absolute Gasteiger partial charge is 0.217 e. The van der Waals surface area contributed by atoms with Gasteiger partial charge in [-0.1, -0.05) is 257 Å². The van der Waals surface area contributed by atoms with E-state index in [1.807, 2.05) is 157 Å². The number of phenols is 4. The van der Waals surface area contributed by atoms with Gasteiger partial charge in [-0.05, 0) is 193 Å². The van der Waals surface area contributed by atoms with Crippen LogP contribution in [0.15, 0.2) is 418 Å². The first-order chi connectivity index (χ1) is 70.4. The molecule has 0 amide bonds. The van der Waals surface area contributed by atoms with Crippen molar-refractivity contribution in [2.45, 2.75) is 84.0 Å². The summed E-state index contributed by atoms with van der Waals surface area (Å²) in [5.41, 5.74) is 22.6. The molecule has 8 aromatic heterocycles. The number of benzene rings is 16. The molecule has 24 aromatic rings. The molecule has 20 heteroatoms. The minimum absolute atomic E-state index is 0.0451. The summed E-state index contributed by atoms with van der Waals surface area (Å²) < 4.78 is 27.2. The van der Waals surface area contributed by atoms with Crippen molar-refractivity contribution in [2.24, 2.45) is 0 Å². The van der Waals surface area contributed by atoms with Crippen LogP contribution in [-0.4, -0.2) is 102 Å². The van der Waals surface area contributed by atoms with Crippen molar-refractivity contribution >= 4 is 99.0 Å². The molecule has 0 aliphatic rings. The van der Waals surface area contributed by atoms with Crippen LogP contribution in [0.4, 0.5) is 0 Å². The maximum atomic E-state index is 10.5. The second-order valence-corrected chi connectivity index (χ2v) is 37.6. The number of rotatable bonds is 20. The SMILES string of the molecule is CC(C)Oc1cc(-c2ccc3c(c2)c2ccccc2n3-c2ccccc2)nc(-c2ccccc2O)n1.CC(C)Oc1cc(-c2cccc3c2c2ccccc2n3-c2ccccc2)nc(-c2ccccc2O)n1.CC(C)Oc1cc(-c2cccc3c4ccccc4n(-c4ccccc4)c23)nc(-c2ccccc2O)n1.CC(C)Sc1cc(-c2ccc3c4ccccc4n(-c4ccccc4)c3c2)nc(-c2ccccc2O)n1. The Hall–Kier alpha value is -18.0. The number of hydrogen-bond acceptors (Lipinski definition) is 16. The van der Waals surface area contributed by atoms with Gasteiger partial charge in [0.05, 0.1) is 107 Å². The normalized spacial score (nSPS) is 11.4. The van der Waals surface area contributed by atoms with Gasteiger partial charge in [-0.15, -0.1) is 11.8 Å². The third-order valence-corrected chi connectivity index (χ3v) is 25.7. The Balaban J connectivity index is 0.000000113. The van der Waals surface area contributed by atoms with Crippen LogP contribution < -0.4 is 14.2 Å². The Kier molecular flexibility index (Phi) is 25.9. The largest absolute Gasteiger partial charge is 0.507 e. The molecule has 0 spiro atoms. The standard InChI is InChI=1S/3C31H25N3O2.C31H25N3OS/c1-20(2)36-29-19-26(32-31(33-29)25-14-7-9-18-28(25)35)24-16-10-15-23-22-13-6-8-17-27(22)34(30(23)24)21-11-4-3-5-12-21;1-20(2)36-29-19-25(32-31(33-29)24-14-7-9-18-28(24)35)22-15-10-17-27-30(22)23-13-6-8-16-26(23)34(27)21-11-4-3-5-12-21;1-20(2)36-30-19-26(32-31(33-30)24-13-7-9-15-29(24)35)21-16-17-28-25(18-21)23-12-6-8-14-27(23)34(28)22-10-4-3-5-11-22;1-20(2)36-30-19-26(32-31(33-30)25-13-7-9-15-29(25)35)21-16-17-24-23-12-6-8-14-27(23)34(28(24)18-21)22-10-4-3-5-11-22/h4*3-20,35H,1-2H3. The van der Waals surface area contributed by atoms with Crippen LogP contribution in [0.1, 0.15) is 55.4 Å². The zero-order chi connectivity index (χ0) is 98.6. The van der Waals surface area contributed by atoms with Crippen molar-refractivity contribution in [3.63, 3.8) is 0 Å². The maximum Gasteiger partial charge on any atom is 0.217 e. The molecule has 0 radical (unpaired) electrons. The molecule has 0 aliphatic heterocycles. The van der Waals surface area contributed by atoms with E-state index < -0.39 is 0 Å². The third-order valence-electron chi connectivity index (χ3n) is 24.8. The van der Waals surface area contributed by atoms with Crippen LogP contribution >= 0.6 is 11.8 Å². The zero-order valence-corrected chi connectivity index (χ0v) is 81.2. The van der Waals surface area contributed by atoms with Gasteiger partial charge in [0, 0.05) is 112 Å². The zero-order valence-electron chi connectivity index (χ0n) is 80.4. The third kappa shape index (κ3) is 18.8. The predicted octanol–water partition coefficient (Wildman–Crippen LogP) is 30.3. The topological polar surface area (TPSA) is 231 Å². The molecule has 4 N–H and O–H groups in total. The average molecular weight is 1900 g/mol. The lowest BCUT2D eigenvalue weighted by atomic mass is 10.0. The van der Waals surface area contributed by atoms with E-state index in [4.69, 9.17) is 39.1 Å². The molecule has 16 aromatic carbocycles. The Morgan fingerprint density at radius 3 is 0.993 bits per heavy atom. The lowest BCUT2D eigenvalue weighted by molar-refractivity contribution is 0.232. The van der Waals surface area contributed by atoms with E-state index >= 15 is 0 Å². The van der Waals surface area contributed by atoms with Gasteiger partial charge >= 0.3 is 0 Å². The molecule has 0 atom stereocenters. The van der Waals surface area contributed by atoms with Crippen molar-refractivity contribution in [1.29, 1.82) is 0 Å². The summed E-state index contributed by atoms with van der Waals surface area (Å²) in [5, 5.41) is 52.5. The highest BCUT2D eigenvalue weighted by Crippen LogP contribution is 2.46. The minimum atomic E-state index is -0.0588. The highest BCUT2D eigenvalue weighted by molar-refractivity contribution is 7.99. The van der Waals surface area contributed by atoms with Crippen molar-refractivity contribution in [3.8, 4) is 154 Å². The van der Waals surface area contributed by atoms with E-state index in [1.165, 1.54) is 27.1 Å². The van der Waals surface area contributed by atoms with Crippen LogP contribution in [0.2, 0.25) is 0 Å². The lowest BCUT2D eigenvalue weighted by Gasteiger charge is -2.14. The molecule has 0 saturated carbocycles. The fourth-order valence-electron chi connectivity index (χ4n) is 18.7. The van der Waals surface area contributed by atoms with Crippen LogP contribution in [0.5, 0.6) is 40.6 Å². The predicted molar refractivity (Wildman–Crippen MR) is 584 cm³/mol. The maximum absolute atomic E-state index is 10.5. The molecule has 0 bridgehead atoms. The van der Waals surface area contributed by atoms with Gasteiger partial charge in [-0.25, -0.2) is 24.9 Å². The highest BCUT2D eigenvalue weighted by atomic mass is 32.2. The average Bonchev–Trinajstić information content (AvgIpc) is 1.57. The fourth-order valence-corrected chi connectivity index (χ4v) is 19.5. The van der Waals surface area contributed by atoms with Gasteiger partial charge < -0.3 is 52.9 Å². The quantitative estimate of drug-likeness (QED) is 0.0410. The first-order valence-electron chi connectivity index (χ1n) is 48.1. The van der Waals surface area contributed by atoms with Crippen LogP contribution in [-0.2, 0) is 0 Å². The van der Waals surface area contributed by atoms with Crippen molar-refractivity contribution in [2.75, 3.05) is 0 Å². The second kappa shape index (κ2) is 40.4. The molecular weight excluding hydrogens is 1800 g/mol. The molecule has 144 heavy (non-hydrogen) atoms. The molecule has 8 heterocycles. The first-order valence-corrected chi connectivity index (χ1v) is 48.9. The summed E-state index contributed by atoms with van der Waals surface area (Å²) >= 11 is 1.69. The van der Waals surface area contributed by atoms with Gasteiger partial charge in [0.2, 0.25) is 17.6 Å². The summed E-state index contributed by atoms with van der Waals surface area (Å²) in [5.74, 6) is 3.76. The number of nitrogens with zero attached hydrogens (tertiary/aromatic N) is 12. The Labute approximate surface area is 836 Å². The number of thioether (sulfide) groups is 1. The number of phenolic OH excluding ortho intramolecular Hbond substituents is 4. The highest BCUT2D eigenvalue weighted by Gasteiger charge is 2.26. The Morgan fingerprint density at radius 2 is 0.528 bits per heavy atom. The van der Waals surface area contributed by atoms with Gasteiger partial charge in [-0.3, -0.25) is 0 Å². The molecular formula is C124H100N12O7S. The molecule has 0 fully saturated rings. The molecule has 704 valence electrons. The number of hydrogen-bond donors (Lipinski definition) is 4. The first kappa shape index (κ1) is 92.4. The Morgan fingerprint density at radius 1 is 0.222 bits per heavy atom. The van der Waals surface area contributed by atoms with Crippen LogP contribution in [0.25, 0.3) is 201 Å². The van der Waals surface area contributed by atoms with Gasteiger partial charge in [0.15, 0.2) is 23.3 Å². The minimum Gasteiger partial charge on any atom is -0.507 e. The fraction of sp³-hybridized carbons (Fsp3) is 0.0968. The van der Waals surface area contributed by atoms with Gasteiger partial charge in [-0.2, -0.15) is 15.0 Å². The van der Waals surface area contributed by atoms with Crippen LogP contribution in [0, 0.1) is 0 Å². The van der Waals surface area contributed by atoms with Crippen molar-refractivity contribution in [3.05, 3.63) is 413 Å². The number of fused-ring (bicyclic) bond motifs is 12. The molecule has 0 saturated heterocycles. The molecule has 19 nitrogen and oxygen atoms in total. The molecule has 0 unspecified atom stereocenters. The summed E-state index contributed by atoms with van der Waals surface area (Å²) in [6.45, 7) is 16.1. The van der Waals surface area contributed by atoms with Crippen molar-refractivity contribution < 1.29 is 34.6 Å². The van der Waals surface area contributed by atoms with Crippen LogP contribution in [0.3, 0.4) is 0 Å². The number of aromatic nitrogens is 12. The summed E-state index contributed by atoms with van der Waals surface area (Å²) in [6, 6.07) is 137. The van der Waals surface area contributed by atoms with E-state index in [0.29, 0.717) is 68.4 Å². The number of ether oxygens (including phenoxy) is 3. The van der Waals surface area contributed by atoms with Gasteiger partial charge in [0.25, 0.3) is 0 Å². The number of para-hydroxylation sites is 13. The van der Waals surface area contributed by atoms with E-state index in [-0.39, 0.29) is 41.3 Å². The molecule has 0 aliphatic carbocycles. The summed E-state index contributed by atoms with van der Waals surface area (Å²) in [6.07, 6.45) is -0.159. The summed E-state index contributed by atoms with van der Waals surface area (Å²) in [4.78, 5) is 38.2.